The van der Waals surface area contributed by atoms with E-state index in [0.717, 1.165) is 37.7 Å². The molecule has 0 saturated heterocycles. The summed E-state index contributed by atoms with van der Waals surface area (Å²) in [6.07, 6.45) is 0. The van der Waals surface area contributed by atoms with Gasteiger partial charge >= 0.3 is 0 Å². The van der Waals surface area contributed by atoms with Crippen molar-refractivity contribution in [2.45, 2.75) is 13.1 Å². The Morgan fingerprint density at radius 3 is 3.17 bits per heavy atom. The van der Waals surface area contributed by atoms with Crippen LogP contribution in [0.1, 0.15) is 11.1 Å². The van der Waals surface area contributed by atoms with Crippen LogP contribution in [0.4, 0.5) is 5.69 Å². The molecular weight excluding hydrogens is 244 g/mol. The summed E-state index contributed by atoms with van der Waals surface area (Å²) < 4.78 is 5.74. The lowest BCUT2D eigenvalue weighted by Crippen LogP contribution is -2.20. The Morgan fingerprint density at radius 1 is 1.28 bits per heavy atom. The van der Waals surface area contributed by atoms with Crippen LogP contribution in [0.15, 0.2) is 35.0 Å². The molecule has 1 aliphatic rings. The second kappa shape index (κ2) is 5.42. The van der Waals surface area contributed by atoms with Crippen molar-refractivity contribution >= 4 is 17.0 Å². The molecule has 0 bridgehead atoms. The molecule has 0 amide bonds. The Kier molecular flexibility index (Phi) is 3.48. The van der Waals surface area contributed by atoms with Crippen LogP contribution < -0.4 is 15.4 Å². The van der Waals surface area contributed by atoms with Crippen molar-refractivity contribution in [2.75, 3.05) is 18.5 Å². The molecule has 1 aliphatic heterocycles. The predicted molar refractivity (Wildman–Crippen MR) is 75.3 cm³/mol. The molecule has 2 heterocycles. The van der Waals surface area contributed by atoms with Crippen LogP contribution in [0.25, 0.3) is 0 Å². The normalized spacial score (nSPS) is 13.6. The van der Waals surface area contributed by atoms with Crippen molar-refractivity contribution < 1.29 is 4.74 Å². The minimum atomic E-state index is 0.745. The summed E-state index contributed by atoms with van der Waals surface area (Å²) in [6.45, 7) is 3.37. The van der Waals surface area contributed by atoms with Crippen LogP contribution in [0.3, 0.4) is 0 Å². The number of ether oxygens (including phenoxy) is 1. The van der Waals surface area contributed by atoms with Gasteiger partial charge in [0, 0.05) is 25.2 Å². The first-order chi connectivity index (χ1) is 8.93. The lowest BCUT2D eigenvalue weighted by molar-refractivity contribution is 0.319. The zero-order chi connectivity index (χ0) is 12.2. The van der Waals surface area contributed by atoms with Gasteiger partial charge in [-0.2, -0.15) is 11.3 Å². The zero-order valence-corrected chi connectivity index (χ0v) is 10.9. The summed E-state index contributed by atoms with van der Waals surface area (Å²) in [6, 6.07) is 8.40. The average Bonchev–Trinajstić information content (AvgIpc) is 2.92. The second-order valence-electron chi connectivity index (χ2n) is 4.30. The van der Waals surface area contributed by atoms with E-state index in [0.29, 0.717) is 0 Å². The van der Waals surface area contributed by atoms with Gasteiger partial charge in [0.2, 0.25) is 0 Å². The van der Waals surface area contributed by atoms with Crippen LogP contribution in [-0.2, 0) is 13.1 Å². The standard InChI is InChI=1S/C14H16N2OS/c1-2-12(9-15-8-11-4-7-18-10-11)14-13(3-1)16-5-6-17-14/h1-4,7,10,15-16H,5-6,8-9H2. The number of para-hydroxylation sites is 1. The third kappa shape index (κ3) is 2.49. The summed E-state index contributed by atoms with van der Waals surface area (Å²) in [7, 11) is 0. The smallest absolute Gasteiger partial charge is 0.146 e. The predicted octanol–water partition coefficient (Wildman–Crippen LogP) is 2.84. The molecule has 0 spiro atoms. The molecule has 0 atom stereocenters. The number of nitrogens with one attached hydrogen (secondary N) is 2. The van der Waals surface area contributed by atoms with Crippen molar-refractivity contribution in [1.82, 2.24) is 5.32 Å². The molecule has 3 nitrogen and oxygen atoms in total. The minimum absolute atomic E-state index is 0.745. The van der Waals surface area contributed by atoms with E-state index in [-0.39, 0.29) is 0 Å². The van der Waals surface area contributed by atoms with E-state index in [4.69, 9.17) is 4.74 Å². The molecular formula is C14H16N2OS. The number of thiophene rings is 1. The molecule has 0 saturated carbocycles. The lowest BCUT2D eigenvalue weighted by atomic mass is 10.1. The fraction of sp³-hybridized carbons (Fsp3) is 0.286. The molecule has 4 heteroatoms. The maximum absolute atomic E-state index is 5.74. The van der Waals surface area contributed by atoms with E-state index in [1.54, 1.807) is 11.3 Å². The molecule has 18 heavy (non-hydrogen) atoms. The Bertz CT molecular complexity index is 511. The van der Waals surface area contributed by atoms with E-state index >= 15 is 0 Å². The molecule has 1 aromatic heterocycles. The van der Waals surface area contributed by atoms with Gasteiger partial charge in [0.1, 0.15) is 12.4 Å². The monoisotopic (exact) mass is 260 g/mol. The van der Waals surface area contributed by atoms with Crippen LogP contribution in [0.5, 0.6) is 5.75 Å². The Hall–Kier alpha value is -1.52. The molecule has 0 radical (unpaired) electrons. The molecule has 0 fully saturated rings. The van der Waals surface area contributed by atoms with Crippen LogP contribution >= 0.6 is 11.3 Å². The first kappa shape index (κ1) is 11.6. The number of fused-ring (bicyclic) bond motifs is 1. The van der Waals surface area contributed by atoms with E-state index in [1.807, 2.05) is 0 Å². The van der Waals surface area contributed by atoms with Gasteiger partial charge in [-0.3, -0.25) is 0 Å². The van der Waals surface area contributed by atoms with Crippen molar-refractivity contribution in [3.05, 3.63) is 46.2 Å². The molecule has 94 valence electrons. The third-order valence-electron chi connectivity index (χ3n) is 2.99. The van der Waals surface area contributed by atoms with Gasteiger partial charge in [0.05, 0.1) is 5.69 Å². The highest BCUT2D eigenvalue weighted by molar-refractivity contribution is 7.07. The maximum atomic E-state index is 5.74. The molecule has 0 unspecified atom stereocenters. The van der Waals surface area contributed by atoms with Crippen molar-refractivity contribution in [3.63, 3.8) is 0 Å². The fourth-order valence-electron chi connectivity index (χ4n) is 2.11. The number of hydrogen-bond donors (Lipinski definition) is 2. The van der Waals surface area contributed by atoms with Crippen molar-refractivity contribution in [3.8, 4) is 5.75 Å². The summed E-state index contributed by atoms with van der Waals surface area (Å²) in [5.74, 6) is 1.00. The van der Waals surface area contributed by atoms with Crippen LogP contribution in [0, 0.1) is 0 Å². The molecule has 1 aromatic carbocycles. The van der Waals surface area contributed by atoms with E-state index < -0.39 is 0 Å². The SMILES string of the molecule is c1cc(CNCc2ccsc2)c2c(c1)NCCO2. The van der Waals surface area contributed by atoms with Crippen LogP contribution in [0.2, 0.25) is 0 Å². The minimum Gasteiger partial charge on any atom is -0.489 e. The van der Waals surface area contributed by atoms with Gasteiger partial charge < -0.3 is 15.4 Å². The average molecular weight is 260 g/mol. The number of anilines is 1. The highest BCUT2D eigenvalue weighted by Crippen LogP contribution is 2.31. The van der Waals surface area contributed by atoms with E-state index in [9.17, 15) is 0 Å². The van der Waals surface area contributed by atoms with Gasteiger partial charge in [-0.05, 0) is 28.5 Å². The molecule has 2 aromatic rings. The highest BCUT2D eigenvalue weighted by atomic mass is 32.1. The lowest BCUT2D eigenvalue weighted by Gasteiger charge is -2.21. The van der Waals surface area contributed by atoms with E-state index in [1.165, 1.54) is 11.1 Å². The number of hydrogen-bond acceptors (Lipinski definition) is 4. The highest BCUT2D eigenvalue weighted by Gasteiger charge is 2.13. The first-order valence-corrected chi connectivity index (χ1v) is 7.08. The number of rotatable bonds is 4. The van der Waals surface area contributed by atoms with Crippen LogP contribution in [-0.4, -0.2) is 13.2 Å². The molecule has 0 aliphatic carbocycles. The van der Waals surface area contributed by atoms with Gasteiger partial charge in [-0.15, -0.1) is 0 Å². The molecule has 3 rings (SSSR count). The van der Waals surface area contributed by atoms with Crippen molar-refractivity contribution in [1.29, 1.82) is 0 Å². The maximum Gasteiger partial charge on any atom is 0.146 e. The first-order valence-electron chi connectivity index (χ1n) is 6.14. The van der Waals surface area contributed by atoms with Gasteiger partial charge in [-0.25, -0.2) is 0 Å². The van der Waals surface area contributed by atoms with Gasteiger partial charge in [0.25, 0.3) is 0 Å². The van der Waals surface area contributed by atoms with E-state index in [2.05, 4.69) is 45.7 Å². The van der Waals surface area contributed by atoms with Crippen molar-refractivity contribution in [2.24, 2.45) is 0 Å². The Labute approximate surface area is 111 Å². The van der Waals surface area contributed by atoms with Gasteiger partial charge in [-0.1, -0.05) is 12.1 Å². The number of benzene rings is 1. The topological polar surface area (TPSA) is 33.3 Å². The summed E-state index contributed by atoms with van der Waals surface area (Å²) in [4.78, 5) is 0. The second-order valence-corrected chi connectivity index (χ2v) is 5.08. The zero-order valence-electron chi connectivity index (χ0n) is 10.1. The third-order valence-corrected chi connectivity index (χ3v) is 3.72. The Morgan fingerprint density at radius 2 is 2.28 bits per heavy atom. The quantitative estimate of drug-likeness (QED) is 0.887. The summed E-state index contributed by atoms with van der Waals surface area (Å²) >= 11 is 1.73. The fourth-order valence-corrected chi connectivity index (χ4v) is 2.78. The largest absolute Gasteiger partial charge is 0.489 e. The summed E-state index contributed by atoms with van der Waals surface area (Å²) in [5.41, 5.74) is 3.66. The summed E-state index contributed by atoms with van der Waals surface area (Å²) in [5, 5.41) is 11.1. The Balaban J connectivity index is 1.65. The van der Waals surface area contributed by atoms with Gasteiger partial charge in [0.15, 0.2) is 0 Å². The molecule has 2 N–H and O–H groups in total.